The van der Waals surface area contributed by atoms with Crippen LogP contribution in [0, 0.1) is 0 Å². The molecule has 2 atom stereocenters. The molecular weight excluding hydrogens is 200 g/mol. The van der Waals surface area contributed by atoms with Gasteiger partial charge in [-0.05, 0) is 24.5 Å². The quantitative estimate of drug-likeness (QED) is 0.831. The van der Waals surface area contributed by atoms with Crippen molar-refractivity contribution >= 4 is 0 Å². The lowest BCUT2D eigenvalue weighted by Crippen LogP contribution is -2.11. The third-order valence-corrected chi connectivity index (χ3v) is 3.02. The normalized spacial score (nSPS) is 23.5. The van der Waals surface area contributed by atoms with Crippen molar-refractivity contribution in [3.63, 3.8) is 0 Å². The molecule has 0 aromatic heterocycles. The van der Waals surface area contributed by atoms with Gasteiger partial charge in [0.25, 0.3) is 0 Å². The fourth-order valence-corrected chi connectivity index (χ4v) is 2.28. The molecule has 1 aliphatic rings. The van der Waals surface area contributed by atoms with Gasteiger partial charge >= 0.3 is 0 Å². The van der Waals surface area contributed by atoms with E-state index in [0.717, 1.165) is 30.6 Å². The summed E-state index contributed by atoms with van der Waals surface area (Å²) in [6, 6.07) is 7.98. The molecule has 90 valence electrons. The van der Waals surface area contributed by atoms with E-state index in [1.165, 1.54) is 0 Å². The van der Waals surface area contributed by atoms with Gasteiger partial charge in [0.2, 0.25) is 0 Å². The Morgan fingerprint density at radius 3 is 2.44 bits per heavy atom. The smallest absolute Gasteiger partial charge is 0.122 e. The van der Waals surface area contributed by atoms with E-state index in [4.69, 9.17) is 4.74 Å². The van der Waals surface area contributed by atoms with Gasteiger partial charge < -0.3 is 9.84 Å². The van der Waals surface area contributed by atoms with Crippen molar-refractivity contribution in [2.45, 2.75) is 45.1 Å². The molecule has 16 heavy (non-hydrogen) atoms. The highest BCUT2D eigenvalue weighted by Gasteiger charge is 2.28. The number of benzene rings is 1. The first kappa shape index (κ1) is 13.0. The number of hydrogen-bond donors (Lipinski definition) is 1. The highest BCUT2D eigenvalue weighted by atomic mass is 16.5. The average Bonchev–Trinajstić information content (AvgIpc) is 2.78. The summed E-state index contributed by atoms with van der Waals surface area (Å²) in [6.07, 6.45) is 2.92. The minimum Gasteiger partial charge on any atom is -0.496 e. The molecule has 0 radical (unpaired) electrons. The van der Waals surface area contributed by atoms with E-state index in [0.29, 0.717) is 0 Å². The van der Waals surface area contributed by atoms with Gasteiger partial charge in [-0.3, -0.25) is 0 Å². The van der Waals surface area contributed by atoms with Crippen LogP contribution in [0.2, 0.25) is 0 Å². The molecule has 0 heterocycles. The average molecular weight is 222 g/mol. The molecule has 1 N–H and O–H groups in total. The Hall–Kier alpha value is -1.02. The number of aliphatic hydroxyl groups is 1. The summed E-state index contributed by atoms with van der Waals surface area (Å²) in [4.78, 5) is 0. The molecule has 2 heteroatoms. The van der Waals surface area contributed by atoms with Gasteiger partial charge in [0, 0.05) is 5.92 Å². The van der Waals surface area contributed by atoms with Gasteiger partial charge in [0.05, 0.1) is 13.2 Å². The van der Waals surface area contributed by atoms with E-state index < -0.39 is 0 Å². The van der Waals surface area contributed by atoms with Crippen LogP contribution < -0.4 is 4.74 Å². The Bertz CT molecular complexity index is 309. The maximum absolute atomic E-state index is 9.81. The van der Waals surface area contributed by atoms with Crippen LogP contribution in [0.25, 0.3) is 0 Å². The second-order valence-corrected chi connectivity index (χ2v) is 3.85. The summed E-state index contributed by atoms with van der Waals surface area (Å²) in [5.41, 5.74) is 1.15. The van der Waals surface area contributed by atoms with Crippen molar-refractivity contribution in [2.24, 2.45) is 0 Å². The summed E-state index contributed by atoms with van der Waals surface area (Å²) in [5, 5.41) is 9.81. The van der Waals surface area contributed by atoms with Crippen molar-refractivity contribution in [3.05, 3.63) is 29.8 Å². The van der Waals surface area contributed by atoms with Crippen LogP contribution in [0.1, 0.15) is 44.6 Å². The highest BCUT2D eigenvalue weighted by molar-refractivity contribution is 5.37. The molecule has 1 saturated carbocycles. The van der Waals surface area contributed by atoms with Gasteiger partial charge in [0.1, 0.15) is 5.75 Å². The second-order valence-electron chi connectivity index (χ2n) is 3.85. The minimum atomic E-state index is -0.189. The number of rotatable bonds is 2. The van der Waals surface area contributed by atoms with Crippen LogP contribution in [0.3, 0.4) is 0 Å². The predicted molar refractivity (Wildman–Crippen MR) is 66.9 cm³/mol. The molecule has 0 aliphatic heterocycles. The molecule has 1 aromatic rings. The summed E-state index contributed by atoms with van der Waals surface area (Å²) >= 11 is 0. The summed E-state index contributed by atoms with van der Waals surface area (Å²) in [5.74, 6) is 1.17. The molecular formula is C14H22O2. The SMILES string of the molecule is CC.COc1ccccc1C1CCCC1O. The number of aliphatic hydroxyl groups excluding tert-OH is 1. The van der Waals surface area contributed by atoms with Crippen molar-refractivity contribution in [2.75, 3.05) is 7.11 Å². The van der Waals surface area contributed by atoms with E-state index >= 15 is 0 Å². The number of para-hydroxylation sites is 1. The van der Waals surface area contributed by atoms with Gasteiger partial charge in [-0.25, -0.2) is 0 Å². The molecule has 1 aromatic carbocycles. The van der Waals surface area contributed by atoms with E-state index in [2.05, 4.69) is 6.07 Å². The Morgan fingerprint density at radius 1 is 1.19 bits per heavy atom. The lowest BCUT2D eigenvalue weighted by atomic mass is 9.95. The zero-order valence-corrected chi connectivity index (χ0v) is 10.4. The van der Waals surface area contributed by atoms with Gasteiger partial charge in [-0.2, -0.15) is 0 Å². The zero-order valence-electron chi connectivity index (χ0n) is 10.4. The van der Waals surface area contributed by atoms with Crippen molar-refractivity contribution in [1.29, 1.82) is 0 Å². The number of hydrogen-bond acceptors (Lipinski definition) is 2. The predicted octanol–water partition coefficient (Wildman–Crippen LogP) is 3.35. The molecule has 0 amide bonds. The molecule has 1 fully saturated rings. The fraction of sp³-hybridized carbons (Fsp3) is 0.571. The zero-order chi connectivity index (χ0) is 12.0. The third kappa shape index (κ3) is 2.76. The highest BCUT2D eigenvalue weighted by Crippen LogP contribution is 2.38. The standard InChI is InChI=1S/C12H16O2.C2H6/c1-14-12-8-3-2-5-10(12)9-6-4-7-11(9)13;1-2/h2-3,5,8-9,11,13H,4,6-7H2,1H3;1-2H3. The summed E-state index contributed by atoms with van der Waals surface area (Å²) < 4.78 is 5.29. The first-order chi connectivity index (χ1) is 7.83. The van der Waals surface area contributed by atoms with Gasteiger partial charge in [-0.1, -0.05) is 38.5 Å². The monoisotopic (exact) mass is 222 g/mol. The van der Waals surface area contributed by atoms with Crippen molar-refractivity contribution in [3.8, 4) is 5.75 Å². The molecule has 2 nitrogen and oxygen atoms in total. The van der Waals surface area contributed by atoms with Crippen LogP contribution in [-0.4, -0.2) is 18.3 Å². The fourth-order valence-electron chi connectivity index (χ4n) is 2.28. The lowest BCUT2D eigenvalue weighted by Gasteiger charge is -2.17. The maximum Gasteiger partial charge on any atom is 0.122 e. The van der Waals surface area contributed by atoms with E-state index in [-0.39, 0.29) is 12.0 Å². The molecule has 0 spiro atoms. The summed E-state index contributed by atoms with van der Waals surface area (Å²) in [6.45, 7) is 4.00. The minimum absolute atomic E-state index is 0.189. The molecule has 1 aliphatic carbocycles. The number of ether oxygens (including phenoxy) is 1. The Labute approximate surface area is 98.3 Å². The van der Waals surface area contributed by atoms with Gasteiger partial charge in [-0.15, -0.1) is 0 Å². The van der Waals surface area contributed by atoms with Crippen LogP contribution in [0.15, 0.2) is 24.3 Å². The van der Waals surface area contributed by atoms with E-state index in [1.54, 1.807) is 7.11 Å². The Kier molecular flexibility index (Phi) is 5.33. The first-order valence-electron chi connectivity index (χ1n) is 6.14. The Balaban J connectivity index is 0.000000606. The largest absolute Gasteiger partial charge is 0.496 e. The van der Waals surface area contributed by atoms with E-state index in [1.807, 2.05) is 32.0 Å². The van der Waals surface area contributed by atoms with Crippen LogP contribution in [0.5, 0.6) is 5.75 Å². The van der Waals surface area contributed by atoms with E-state index in [9.17, 15) is 5.11 Å². The van der Waals surface area contributed by atoms with Gasteiger partial charge in [0.15, 0.2) is 0 Å². The molecule has 2 rings (SSSR count). The summed E-state index contributed by atoms with van der Waals surface area (Å²) in [7, 11) is 1.68. The third-order valence-electron chi connectivity index (χ3n) is 3.02. The van der Waals surface area contributed by atoms with Crippen LogP contribution in [0.4, 0.5) is 0 Å². The molecule has 2 unspecified atom stereocenters. The van der Waals surface area contributed by atoms with Crippen molar-refractivity contribution < 1.29 is 9.84 Å². The van der Waals surface area contributed by atoms with Crippen LogP contribution in [-0.2, 0) is 0 Å². The molecule has 0 bridgehead atoms. The van der Waals surface area contributed by atoms with Crippen LogP contribution >= 0.6 is 0 Å². The topological polar surface area (TPSA) is 29.5 Å². The Morgan fingerprint density at radius 2 is 1.88 bits per heavy atom. The molecule has 0 saturated heterocycles. The lowest BCUT2D eigenvalue weighted by molar-refractivity contribution is 0.162. The maximum atomic E-state index is 9.81. The number of methoxy groups -OCH3 is 1. The second kappa shape index (κ2) is 6.54. The van der Waals surface area contributed by atoms with Crippen molar-refractivity contribution in [1.82, 2.24) is 0 Å². The first-order valence-corrected chi connectivity index (χ1v) is 6.14.